The van der Waals surface area contributed by atoms with Crippen LogP contribution < -0.4 is 15.4 Å². The van der Waals surface area contributed by atoms with Gasteiger partial charge in [0.2, 0.25) is 5.91 Å². The van der Waals surface area contributed by atoms with Crippen LogP contribution in [-0.2, 0) is 16.0 Å². The van der Waals surface area contributed by atoms with Gasteiger partial charge in [-0.05, 0) is 42.2 Å². The van der Waals surface area contributed by atoms with Crippen molar-refractivity contribution in [2.45, 2.75) is 32.7 Å². The molecule has 0 heterocycles. The maximum absolute atomic E-state index is 12.7. The Bertz CT molecular complexity index is 862. The Morgan fingerprint density at radius 3 is 2.28 bits per heavy atom. The molecule has 0 aliphatic heterocycles. The number of carbonyl (C=O) groups is 3. The first-order valence-electron chi connectivity index (χ1n) is 9.37. The normalized spacial score (nSPS) is 11.6. The second kappa shape index (κ2) is 10.3. The van der Waals surface area contributed by atoms with Gasteiger partial charge < -0.3 is 20.5 Å². The predicted molar refractivity (Wildman–Crippen MR) is 110 cm³/mol. The number of aryl methyl sites for hydroxylation is 1. The van der Waals surface area contributed by atoms with Gasteiger partial charge in [-0.1, -0.05) is 38.1 Å². The lowest BCUT2D eigenvalue weighted by Crippen LogP contribution is -2.47. The van der Waals surface area contributed by atoms with E-state index in [0.29, 0.717) is 23.4 Å². The summed E-state index contributed by atoms with van der Waals surface area (Å²) >= 11 is 0. The van der Waals surface area contributed by atoms with E-state index >= 15 is 0 Å². The fourth-order valence-electron chi connectivity index (χ4n) is 2.81. The minimum absolute atomic E-state index is 0.0517. The zero-order valence-corrected chi connectivity index (χ0v) is 16.8. The first-order valence-corrected chi connectivity index (χ1v) is 9.37. The van der Waals surface area contributed by atoms with Crippen molar-refractivity contribution in [1.29, 1.82) is 0 Å². The molecule has 2 aromatic rings. The molecule has 2 aromatic carbocycles. The van der Waals surface area contributed by atoms with Crippen LogP contribution in [0.3, 0.4) is 0 Å². The number of hydrogen-bond acceptors (Lipinski definition) is 4. The van der Waals surface area contributed by atoms with Gasteiger partial charge >= 0.3 is 5.97 Å². The summed E-state index contributed by atoms with van der Waals surface area (Å²) in [6.07, 6.45) is 0.475. The molecular weight excluding hydrogens is 372 g/mol. The average molecular weight is 398 g/mol. The van der Waals surface area contributed by atoms with Crippen LogP contribution in [0.5, 0.6) is 5.75 Å². The monoisotopic (exact) mass is 398 g/mol. The summed E-state index contributed by atoms with van der Waals surface area (Å²) in [5.41, 5.74) is 1.80. The fraction of sp³-hybridized carbons (Fsp3) is 0.318. The summed E-state index contributed by atoms with van der Waals surface area (Å²) in [6.45, 7) is 3.70. The Morgan fingerprint density at radius 1 is 1.03 bits per heavy atom. The number of carboxylic acid groups (broad SMARTS) is 1. The molecular formula is C22H26N2O5. The zero-order valence-electron chi connectivity index (χ0n) is 16.8. The Balaban J connectivity index is 2.05. The molecule has 7 nitrogen and oxygen atoms in total. The summed E-state index contributed by atoms with van der Waals surface area (Å²) in [4.78, 5) is 36.0. The number of hydrogen-bond donors (Lipinski definition) is 3. The molecule has 0 bridgehead atoms. The third-order valence-electron chi connectivity index (χ3n) is 4.44. The maximum Gasteiger partial charge on any atom is 0.303 e. The fourth-order valence-corrected chi connectivity index (χ4v) is 2.81. The number of methoxy groups -OCH3 is 1. The predicted octanol–water partition coefficient (Wildman–Crippen LogP) is 3.11. The van der Waals surface area contributed by atoms with Gasteiger partial charge in [-0.15, -0.1) is 0 Å². The van der Waals surface area contributed by atoms with Crippen molar-refractivity contribution in [3.05, 3.63) is 59.7 Å². The van der Waals surface area contributed by atoms with E-state index in [2.05, 4.69) is 10.6 Å². The molecule has 154 valence electrons. The molecule has 2 rings (SSSR count). The third-order valence-corrected chi connectivity index (χ3v) is 4.44. The molecule has 0 fully saturated rings. The van der Waals surface area contributed by atoms with Crippen molar-refractivity contribution < 1.29 is 24.2 Å². The Morgan fingerprint density at radius 2 is 1.69 bits per heavy atom. The highest BCUT2D eigenvalue weighted by atomic mass is 16.5. The van der Waals surface area contributed by atoms with Crippen LogP contribution in [0, 0.1) is 5.92 Å². The van der Waals surface area contributed by atoms with Crippen LogP contribution in [0.25, 0.3) is 0 Å². The number of amides is 2. The van der Waals surface area contributed by atoms with Gasteiger partial charge in [-0.2, -0.15) is 0 Å². The zero-order chi connectivity index (χ0) is 21.4. The summed E-state index contributed by atoms with van der Waals surface area (Å²) in [5, 5.41) is 14.3. The van der Waals surface area contributed by atoms with Gasteiger partial charge in [-0.25, -0.2) is 0 Å². The number of aliphatic carboxylic acids is 1. The lowest BCUT2D eigenvalue weighted by atomic mass is 10.0. The second-order valence-corrected chi connectivity index (χ2v) is 6.98. The molecule has 0 radical (unpaired) electrons. The minimum Gasteiger partial charge on any atom is -0.496 e. The summed E-state index contributed by atoms with van der Waals surface area (Å²) in [7, 11) is 1.48. The van der Waals surface area contributed by atoms with E-state index in [-0.39, 0.29) is 24.2 Å². The van der Waals surface area contributed by atoms with Crippen LogP contribution in [0.1, 0.15) is 36.2 Å². The number of ether oxygens (including phenoxy) is 1. The van der Waals surface area contributed by atoms with E-state index in [1.807, 2.05) is 13.8 Å². The molecule has 3 N–H and O–H groups in total. The Labute approximate surface area is 170 Å². The molecule has 0 aliphatic rings. The highest BCUT2D eigenvalue weighted by Gasteiger charge is 2.25. The average Bonchev–Trinajstić information content (AvgIpc) is 2.70. The lowest BCUT2D eigenvalue weighted by molar-refractivity contribution is -0.137. The standard InChI is InChI=1S/C22H26N2O5/c1-14(2)20(24-21(27)17-6-4-5-7-18(17)29-3)22(28)23-16-11-8-15(9-12-16)10-13-19(25)26/h4-9,11-12,14,20H,10,13H2,1-3H3,(H,23,28)(H,24,27)(H,25,26). The van der Waals surface area contributed by atoms with Crippen LogP contribution >= 0.6 is 0 Å². The molecule has 0 saturated heterocycles. The summed E-state index contributed by atoms with van der Waals surface area (Å²) in [6, 6.07) is 13.1. The molecule has 0 saturated carbocycles. The van der Waals surface area contributed by atoms with E-state index in [9.17, 15) is 14.4 Å². The Kier molecular flexibility index (Phi) is 7.77. The van der Waals surface area contributed by atoms with Crippen LogP contribution in [0.2, 0.25) is 0 Å². The molecule has 1 atom stereocenters. The number of carboxylic acids is 1. The van der Waals surface area contributed by atoms with Gasteiger partial charge in [0.25, 0.3) is 5.91 Å². The number of carbonyl (C=O) groups excluding carboxylic acids is 2. The third kappa shape index (κ3) is 6.34. The smallest absolute Gasteiger partial charge is 0.303 e. The van der Waals surface area contributed by atoms with Gasteiger partial charge in [0.05, 0.1) is 12.7 Å². The van der Waals surface area contributed by atoms with Gasteiger partial charge in [0.15, 0.2) is 0 Å². The maximum atomic E-state index is 12.7. The number of rotatable bonds is 9. The number of nitrogens with one attached hydrogen (secondary N) is 2. The van der Waals surface area contributed by atoms with Crippen molar-refractivity contribution in [1.82, 2.24) is 5.32 Å². The second-order valence-electron chi connectivity index (χ2n) is 6.98. The van der Waals surface area contributed by atoms with E-state index in [1.54, 1.807) is 48.5 Å². The molecule has 7 heteroatoms. The van der Waals surface area contributed by atoms with E-state index in [1.165, 1.54) is 7.11 Å². The van der Waals surface area contributed by atoms with Crippen molar-refractivity contribution >= 4 is 23.5 Å². The SMILES string of the molecule is COc1ccccc1C(=O)NC(C(=O)Nc1ccc(CCC(=O)O)cc1)C(C)C. The summed E-state index contributed by atoms with van der Waals surface area (Å²) < 4.78 is 5.21. The van der Waals surface area contributed by atoms with Crippen molar-refractivity contribution in [2.24, 2.45) is 5.92 Å². The van der Waals surface area contributed by atoms with E-state index < -0.39 is 12.0 Å². The van der Waals surface area contributed by atoms with Crippen molar-refractivity contribution in [3.8, 4) is 5.75 Å². The van der Waals surface area contributed by atoms with E-state index in [4.69, 9.17) is 9.84 Å². The van der Waals surface area contributed by atoms with Gasteiger partial charge in [0, 0.05) is 12.1 Å². The molecule has 0 aliphatic carbocycles. The van der Waals surface area contributed by atoms with Crippen LogP contribution in [-0.4, -0.2) is 36.0 Å². The topological polar surface area (TPSA) is 105 Å². The molecule has 0 aromatic heterocycles. The number of benzene rings is 2. The van der Waals surface area contributed by atoms with Crippen molar-refractivity contribution in [2.75, 3.05) is 12.4 Å². The first-order chi connectivity index (χ1) is 13.8. The van der Waals surface area contributed by atoms with E-state index in [0.717, 1.165) is 5.56 Å². The quantitative estimate of drug-likeness (QED) is 0.602. The van der Waals surface area contributed by atoms with Crippen LogP contribution in [0.4, 0.5) is 5.69 Å². The Hall–Kier alpha value is -3.35. The van der Waals surface area contributed by atoms with Crippen LogP contribution in [0.15, 0.2) is 48.5 Å². The largest absolute Gasteiger partial charge is 0.496 e. The molecule has 2 amide bonds. The van der Waals surface area contributed by atoms with Gasteiger partial charge in [-0.3, -0.25) is 14.4 Å². The minimum atomic E-state index is -0.854. The number of anilines is 1. The lowest BCUT2D eigenvalue weighted by Gasteiger charge is -2.22. The first kappa shape index (κ1) is 21.9. The van der Waals surface area contributed by atoms with Crippen molar-refractivity contribution in [3.63, 3.8) is 0 Å². The molecule has 1 unspecified atom stereocenters. The molecule has 29 heavy (non-hydrogen) atoms. The molecule has 0 spiro atoms. The highest BCUT2D eigenvalue weighted by molar-refractivity contribution is 6.02. The highest BCUT2D eigenvalue weighted by Crippen LogP contribution is 2.18. The summed E-state index contributed by atoms with van der Waals surface area (Å²) in [5.74, 6) is -1.27. The number of para-hydroxylation sites is 1. The van der Waals surface area contributed by atoms with Gasteiger partial charge in [0.1, 0.15) is 11.8 Å².